The summed E-state index contributed by atoms with van der Waals surface area (Å²) >= 11 is 0. The Morgan fingerprint density at radius 3 is 2.86 bits per heavy atom. The van der Waals surface area contributed by atoms with E-state index in [0.29, 0.717) is 30.2 Å². The number of aryl methyl sites for hydroxylation is 2. The van der Waals surface area contributed by atoms with E-state index in [2.05, 4.69) is 22.0 Å². The summed E-state index contributed by atoms with van der Waals surface area (Å²) in [6.07, 6.45) is 2.83. The van der Waals surface area contributed by atoms with E-state index in [9.17, 15) is 9.59 Å². The van der Waals surface area contributed by atoms with Crippen molar-refractivity contribution < 1.29 is 9.32 Å². The second-order valence-corrected chi connectivity index (χ2v) is 7.68. The zero-order chi connectivity index (χ0) is 19.7. The topological polar surface area (TPSA) is 92.1 Å². The van der Waals surface area contributed by atoms with Crippen LogP contribution in [0.2, 0.25) is 0 Å². The van der Waals surface area contributed by atoms with Crippen LogP contribution >= 0.6 is 0 Å². The number of amides is 1. The first-order valence-electron chi connectivity index (χ1n) is 9.74. The van der Waals surface area contributed by atoms with Crippen molar-refractivity contribution in [1.82, 2.24) is 20.0 Å². The maximum absolute atomic E-state index is 12.4. The first-order chi connectivity index (χ1) is 13.5. The highest BCUT2D eigenvalue weighted by Crippen LogP contribution is 2.20. The molecular formula is C21H24N4O3. The van der Waals surface area contributed by atoms with Gasteiger partial charge in [-0.1, -0.05) is 23.7 Å². The number of pyridine rings is 1. The summed E-state index contributed by atoms with van der Waals surface area (Å²) in [5.74, 6) is 1.42. The molecule has 3 aromatic rings. The van der Waals surface area contributed by atoms with Gasteiger partial charge >= 0.3 is 0 Å². The zero-order valence-corrected chi connectivity index (χ0v) is 16.2. The van der Waals surface area contributed by atoms with E-state index in [1.165, 1.54) is 0 Å². The number of benzene rings is 1. The summed E-state index contributed by atoms with van der Waals surface area (Å²) in [5.41, 5.74) is 1.97. The van der Waals surface area contributed by atoms with Crippen LogP contribution in [0, 0.1) is 12.8 Å². The molecule has 3 heterocycles. The lowest BCUT2D eigenvalue weighted by atomic mass is 9.99. The molecule has 0 atom stereocenters. The Labute approximate surface area is 162 Å². The first kappa shape index (κ1) is 18.4. The molecule has 7 heteroatoms. The van der Waals surface area contributed by atoms with Gasteiger partial charge in [-0.05, 0) is 49.3 Å². The number of fused-ring (bicyclic) bond motifs is 1. The van der Waals surface area contributed by atoms with Crippen LogP contribution in [0.3, 0.4) is 0 Å². The number of carbonyl (C=O) groups is 1. The average molecular weight is 380 g/mol. The Bertz CT molecular complexity index is 1060. The maximum atomic E-state index is 12.4. The van der Waals surface area contributed by atoms with Crippen molar-refractivity contribution >= 4 is 16.8 Å². The molecule has 0 unspecified atom stereocenters. The van der Waals surface area contributed by atoms with Crippen LogP contribution in [0.4, 0.5) is 0 Å². The Morgan fingerprint density at radius 1 is 1.29 bits per heavy atom. The van der Waals surface area contributed by atoms with E-state index in [4.69, 9.17) is 4.52 Å². The van der Waals surface area contributed by atoms with Crippen LogP contribution in [0.15, 0.2) is 33.6 Å². The van der Waals surface area contributed by atoms with Gasteiger partial charge in [-0.25, -0.2) is 0 Å². The fourth-order valence-electron chi connectivity index (χ4n) is 3.59. The van der Waals surface area contributed by atoms with E-state index in [0.717, 1.165) is 42.4 Å². The standard InChI is InChI=1S/C21H24N4O3/c1-13-7-9-25(10-8-13)19(26)6-5-18-23-20(24-28-18)16-12-15-11-14(2)3-4-17(15)22-21(16)27/h3-4,11-13H,5-10H2,1-2H3,(H,22,27). The number of H-pyrrole nitrogens is 1. The molecule has 4 rings (SSSR count). The second-order valence-electron chi connectivity index (χ2n) is 7.68. The highest BCUT2D eigenvalue weighted by Gasteiger charge is 2.21. The van der Waals surface area contributed by atoms with Gasteiger partial charge in [-0.2, -0.15) is 4.98 Å². The Balaban J connectivity index is 1.47. The predicted molar refractivity (Wildman–Crippen MR) is 106 cm³/mol. The fraction of sp³-hybridized carbons (Fsp3) is 0.429. The van der Waals surface area contributed by atoms with Crippen molar-refractivity contribution in [3.63, 3.8) is 0 Å². The molecular weight excluding hydrogens is 356 g/mol. The van der Waals surface area contributed by atoms with E-state index in [1.54, 1.807) is 6.07 Å². The van der Waals surface area contributed by atoms with Crippen molar-refractivity contribution in [1.29, 1.82) is 0 Å². The minimum Gasteiger partial charge on any atom is -0.343 e. The Hall–Kier alpha value is -2.96. The van der Waals surface area contributed by atoms with E-state index in [1.807, 2.05) is 30.0 Å². The molecule has 0 radical (unpaired) electrons. The summed E-state index contributed by atoms with van der Waals surface area (Å²) in [6.45, 7) is 5.86. The quantitative estimate of drug-likeness (QED) is 0.751. The molecule has 1 saturated heterocycles. The minimum atomic E-state index is -0.262. The summed E-state index contributed by atoms with van der Waals surface area (Å²) in [6, 6.07) is 7.60. The van der Waals surface area contributed by atoms with Gasteiger partial charge in [0.2, 0.25) is 17.6 Å². The second kappa shape index (κ2) is 7.58. The number of aromatic nitrogens is 3. The average Bonchev–Trinajstić information content (AvgIpc) is 3.15. The van der Waals surface area contributed by atoms with E-state index in [-0.39, 0.29) is 17.3 Å². The molecule has 1 amide bonds. The highest BCUT2D eigenvalue weighted by atomic mass is 16.5. The number of hydrogen-bond acceptors (Lipinski definition) is 5. The van der Waals surface area contributed by atoms with Gasteiger partial charge in [0.25, 0.3) is 5.56 Å². The molecule has 146 valence electrons. The third-order valence-electron chi connectivity index (χ3n) is 5.40. The molecule has 1 fully saturated rings. The van der Waals surface area contributed by atoms with Crippen LogP contribution in [-0.4, -0.2) is 39.0 Å². The van der Waals surface area contributed by atoms with Crippen LogP contribution in [0.1, 0.15) is 37.6 Å². The molecule has 1 aliphatic heterocycles. The monoisotopic (exact) mass is 380 g/mol. The summed E-state index contributed by atoms with van der Waals surface area (Å²) < 4.78 is 5.28. The lowest BCUT2D eigenvalue weighted by Crippen LogP contribution is -2.38. The normalized spacial score (nSPS) is 15.3. The van der Waals surface area contributed by atoms with Crippen LogP contribution in [0.5, 0.6) is 0 Å². The third-order valence-corrected chi connectivity index (χ3v) is 5.40. The van der Waals surface area contributed by atoms with Crippen LogP contribution in [-0.2, 0) is 11.2 Å². The smallest absolute Gasteiger partial charge is 0.259 e. The van der Waals surface area contributed by atoms with Crippen molar-refractivity contribution in [3.05, 3.63) is 46.1 Å². The summed E-state index contributed by atoms with van der Waals surface area (Å²) in [5, 5.41) is 4.86. The van der Waals surface area contributed by atoms with Crippen LogP contribution in [0.25, 0.3) is 22.3 Å². The van der Waals surface area contributed by atoms with Gasteiger partial charge in [-0.15, -0.1) is 0 Å². The van der Waals surface area contributed by atoms with Gasteiger partial charge in [0.15, 0.2) is 0 Å². The largest absolute Gasteiger partial charge is 0.343 e. The van der Waals surface area contributed by atoms with Gasteiger partial charge in [0.1, 0.15) is 0 Å². The lowest BCUT2D eigenvalue weighted by molar-refractivity contribution is -0.132. The highest BCUT2D eigenvalue weighted by molar-refractivity contribution is 5.83. The number of nitrogens with zero attached hydrogens (tertiary/aromatic N) is 3. The number of piperidine rings is 1. The molecule has 0 aliphatic carbocycles. The van der Waals surface area contributed by atoms with Gasteiger partial charge < -0.3 is 14.4 Å². The summed E-state index contributed by atoms with van der Waals surface area (Å²) in [4.78, 5) is 33.9. The van der Waals surface area contributed by atoms with Gasteiger partial charge in [-0.3, -0.25) is 9.59 Å². The van der Waals surface area contributed by atoms with E-state index < -0.39 is 0 Å². The number of carbonyl (C=O) groups excluding carboxylic acids is 1. The third kappa shape index (κ3) is 3.83. The molecule has 0 spiro atoms. The number of likely N-dealkylation sites (tertiary alicyclic amines) is 1. The van der Waals surface area contributed by atoms with Crippen LogP contribution < -0.4 is 5.56 Å². The molecule has 7 nitrogen and oxygen atoms in total. The number of nitrogens with one attached hydrogen (secondary N) is 1. The minimum absolute atomic E-state index is 0.116. The van der Waals surface area contributed by atoms with Gasteiger partial charge in [0.05, 0.1) is 5.56 Å². The zero-order valence-electron chi connectivity index (χ0n) is 16.2. The SMILES string of the molecule is Cc1ccc2[nH]c(=O)c(-c3noc(CCC(=O)N4CCC(C)CC4)n3)cc2c1. The Morgan fingerprint density at radius 2 is 2.07 bits per heavy atom. The van der Waals surface area contributed by atoms with Crippen molar-refractivity contribution in [2.75, 3.05) is 13.1 Å². The molecule has 2 aromatic heterocycles. The lowest BCUT2D eigenvalue weighted by Gasteiger charge is -2.30. The molecule has 0 bridgehead atoms. The first-order valence-corrected chi connectivity index (χ1v) is 9.74. The Kier molecular flexibility index (Phi) is 4.98. The molecule has 1 N–H and O–H groups in total. The van der Waals surface area contributed by atoms with E-state index >= 15 is 0 Å². The number of aromatic amines is 1. The molecule has 1 aromatic carbocycles. The van der Waals surface area contributed by atoms with Crippen molar-refractivity contribution in [2.24, 2.45) is 5.92 Å². The predicted octanol–water partition coefficient (Wildman–Crippen LogP) is 3.08. The van der Waals surface area contributed by atoms with Crippen molar-refractivity contribution in [3.8, 4) is 11.4 Å². The van der Waals surface area contributed by atoms with Gasteiger partial charge in [0, 0.05) is 31.4 Å². The van der Waals surface area contributed by atoms with Crippen molar-refractivity contribution in [2.45, 2.75) is 39.5 Å². The molecule has 0 saturated carbocycles. The number of rotatable bonds is 4. The molecule has 28 heavy (non-hydrogen) atoms. The fourth-order valence-corrected chi connectivity index (χ4v) is 3.59. The maximum Gasteiger partial charge on any atom is 0.259 e. The summed E-state index contributed by atoms with van der Waals surface area (Å²) in [7, 11) is 0. The molecule has 1 aliphatic rings. The number of hydrogen-bond donors (Lipinski definition) is 1.